The summed E-state index contributed by atoms with van der Waals surface area (Å²) in [7, 11) is 1.57. The van der Waals surface area contributed by atoms with Crippen LogP contribution in [0.4, 0.5) is 4.39 Å². The van der Waals surface area contributed by atoms with E-state index in [1.807, 2.05) is 19.2 Å². The highest BCUT2D eigenvalue weighted by molar-refractivity contribution is 5.62. The number of halogens is 1. The molecule has 1 aromatic carbocycles. The van der Waals surface area contributed by atoms with Crippen molar-refractivity contribution in [3.63, 3.8) is 0 Å². The van der Waals surface area contributed by atoms with Crippen LogP contribution in [0.3, 0.4) is 0 Å². The van der Waals surface area contributed by atoms with Crippen molar-refractivity contribution in [2.45, 2.75) is 38.1 Å². The Balaban J connectivity index is 1.64. The van der Waals surface area contributed by atoms with Crippen molar-refractivity contribution in [2.24, 2.45) is 10.9 Å². The Morgan fingerprint density at radius 1 is 1.32 bits per heavy atom. The zero-order valence-corrected chi connectivity index (χ0v) is 14.5. The molecule has 0 spiro atoms. The molecule has 0 aliphatic heterocycles. The number of rotatable bonds is 5. The molecule has 0 radical (unpaired) electrons. The summed E-state index contributed by atoms with van der Waals surface area (Å²) in [6, 6.07) is 7.96. The first kappa shape index (κ1) is 17.4. The van der Waals surface area contributed by atoms with E-state index >= 15 is 0 Å². The zero-order valence-electron chi connectivity index (χ0n) is 14.5. The fraction of sp³-hybridized carbons (Fsp3) is 0.400. The third-order valence-corrected chi connectivity index (χ3v) is 4.93. The Kier molecular flexibility index (Phi) is 5.31. The summed E-state index contributed by atoms with van der Waals surface area (Å²) < 4.78 is 19.2. The Morgan fingerprint density at radius 3 is 2.88 bits per heavy atom. The number of aliphatic imine (C=N–C) groups is 1. The number of benzene rings is 1. The molecule has 2 aromatic rings. The minimum Gasteiger partial charge on any atom is -0.497 e. The highest BCUT2D eigenvalue weighted by atomic mass is 19.1. The first-order valence-electron chi connectivity index (χ1n) is 8.62. The second kappa shape index (κ2) is 7.64. The molecule has 0 bridgehead atoms. The second-order valence-corrected chi connectivity index (χ2v) is 6.62. The van der Waals surface area contributed by atoms with Gasteiger partial charge in [0, 0.05) is 24.0 Å². The Hall–Kier alpha value is -2.43. The predicted octanol–water partition coefficient (Wildman–Crippen LogP) is 4.24. The topological polar surface area (TPSA) is 54.4 Å². The first-order chi connectivity index (χ1) is 12.1. The van der Waals surface area contributed by atoms with Gasteiger partial charge in [0.15, 0.2) is 0 Å². The molecule has 3 atom stereocenters. The SMILES string of the molecule is COc1ccc(F)c(C(C)N=CC2CCC(c3ccc(=O)[nH]c3)C2)c1. The molecule has 1 fully saturated rings. The Morgan fingerprint density at radius 2 is 2.16 bits per heavy atom. The summed E-state index contributed by atoms with van der Waals surface area (Å²) in [5, 5.41) is 0. The van der Waals surface area contributed by atoms with Gasteiger partial charge in [-0.15, -0.1) is 0 Å². The lowest BCUT2D eigenvalue weighted by atomic mass is 9.98. The molecular formula is C20H23FN2O2. The third kappa shape index (κ3) is 4.16. The van der Waals surface area contributed by atoms with Gasteiger partial charge in [-0.2, -0.15) is 0 Å². The van der Waals surface area contributed by atoms with Crippen LogP contribution < -0.4 is 10.3 Å². The molecular weight excluding hydrogens is 319 g/mol. The van der Waals surface area contributed by atoms with Crippen LogP contribution in [0.25, 0.3) is 0 Å². The normalized spacial score (nSPS) is 21.6. The quantitative estimate of drug-likeness (QED) is 0.826. The minimum absolute atomic E-state index is 0.0750. The van der Waals surface area contributed by atoms with Crippen LogP contribution in [0.2, 0.25) is 0 Å². The second-order valence-electron chi connectivity index (χ2n) is 6.62. The van der Waals surface area contributed by atoms with Crippen molar-refractivity contribution in [3.8, 4) is 5.75 Å². The van der Waals surface area contributed by atoms with Crippen LogP contribution in [0.1, 0.15) is 49.3 Å². The molecule has 1 aliphatic carbocycles. The average molecular weight is 342 g/mol. The van der Waals surface area contributed by atoms with E-state index in [4.69, 9.17) is 4.74 Å². The van der Waals surface area contributed by atoms with Crippen molar-refractivity contribution in [1.82, 2.24) is 4.98 Å². The van der Waals surface area contributed by atoms with E-state index < -0.39 is 0 Å². The fourth-order valence-electron chi connectivity index (χ4n) is 3.43. The van der Waals surface area contributed by atoms with E-state index in [1.54, 1.807) is 31.5 Å². The minimum atomic E-state index is -0.261. The number of nitrogens with zero attached hydrogens (tertiary/aromatic N) is 1. The number of nitrogens with one attached hydrogen (secondary N) is 1. The lowest BCUT2D eigenvalue weighted by molar-refractivity contribution is 0.412. The maximum absolute atomic E-state index is 14.0. The van der Waals surface area contributed by atoms with Crippen molar-refractivity contribution >= 4 is 6.21 Å². The fourth-order valence-corrected chi connectivity index (χ4v) is 3.43. The molecule has 5 heteroatoms. The van der Waals surface area contributed by atoms with Crippen molar-refractivity contribution in [1.29, 1.82) is 0 Å². The van der Waals surface area contributed by atoms with Gasteiger partial charge in [0.2, 0.25) is 5.56 Å². The molecule has 1 aliphatic rings. The number of aromatic nitrogens is 1. The number of aromatic amines is 1. The van der Waals surface area contributed by atoms with Crippen LogP contribution in [-0.2, 0) is 0 Å². The molecule has 25 heavy (non-hydrogen) atoms. The maximum atomic E-state index is 14.0. The summed E-state index contributed by atoms with van der Waals surface area (Å²) >= 11 is 0. The summed E-state index contributed by atoms with van der Waals surface area (Å²) in [6.07, 6.45) is 6.91. The molecule has 0 amide bonds. The number of hydrogen-bond donors (Lipinski definition) is 1. The van der Waals surface area contributed by atoms with Gasteiger partial charge in [-0.1, -0.05) is 6.07 Å². The van der Waals surface area contributed by atoms with Crippen LogP contribution in [0.5, 0.6) is 5.75 Å². The molecule has 1 N–H and O–H groups in total. The number of methoxy groups -OCH3 is 1. The van der Waals surface area contributed by atoms with Gasteiger partial charge in [-0.3, -0.25) is 9.79 Å². The lowest BCUT2D eigenvalue weighted by Gasteiger charge is -2.12. The molecule has 132 valence electrons. The van der Waals surface area contributed by atoms with Crippen molar-refractivity contribution < 1.29 is 9.13 Å². The predicted molar refractivity (Wildman–Crippen MR) is 97.0 cm³/mol. The highest BCUT2D eigenvalue weighted by Crippen LogP contribution is 2.37. The van der Waals surface area contributed by atoms with Crippen molar-refractivity contribution in [3.05, 3.63) is 63.8 Å². The van der Waals surface area contributed by atoms with E-state index in [0.29, 0.717) is 23.1 Å². The molecule has 1 heterocycles. The lowest BCUT2D eigenvalue weighted by Crippen LogP contribution is -2.05. The maximum Gasteiger partial charge on any atom is 0.247 e. The first-order valence-corrected chi connectivity index (χ1v) is 8.62. The summed E-state index contributed by atoms with van der Waals surface area (Å²) in [6.45, 7) is 1.89. The molecule has 4 nitrogen and oxygen atoms in total. The van der Waals surface area contributed by atoms with Crippen LogP contribution in [-0.4, -0.2) is 18.3 Å². The van der Waals surface area contributed by atoms with Crippen LogP contribution in [0.15, 0.2) is 46.3 Å². The summed E-state index contributed by atoms with van der Waals surface area (Å²) in [4.78, 5) is 18.5. The van der Waals surface area contributed by atoms with Crippen LogP contribution >= 0.6 is 0 Å². The van der Waals surface area contributed by atoms with Gasteiger partial charge in [-0.25, -0.2) is 4.39 Å². The number of H-pyrrole nitrogens is 1. The molecule has 1 aromatic heterocycles. The standard InChI is InChI=1S/C20H23FN2O2/c1-13(18-10-17(25-2)6-7-19(18)21)22-11-14-3-4-15(9-14)16-5-8-20(24)23-12-16/h5-8,10-15H,3-4,9H2,1-2H3,(H,23,24). The van der Waals surface area contributed by atoms with Gasteiger partial charge in [0.05, 0.1) is 13.2 Å². The van der Waals surface area contributed by atoms with Gasteiger partial charge in [-0.05, 0) is 61.8 Å². The molecule has 1 saturated carbocycles. The van der Waals surface area contributed by atoms with E-state index in [-0.39, 0.29) is 17.4 Å². The highest BCUT2D eigenvalue weighted by Gasteiger charge is 2.25. The molecule has 3 unspecified atom stereocenters. The van der Waals surface area contributed by atoms with Gasteiger partial charge in [0.1, 0.15) is 11.6 Å². The molecule has 3 rings (SSSR count). The van der Waals surface area contributed by atoms with E-state index in [2.05, 4.69) is 9.98 Å². The number of ether oxygens (including phenoxy) is 1. The number of pyridine rings is 1. The third-order valence-electron chi connectivity index (χ3n) is 4.93. The van der Waals surface area contributed by atoms with Gasteiger partial charge >= 0.3 is 0 Å². The largest absolute Gasteiger partial charge is 0.497 e. The van der Waals surface area contributed by atoms with E-state index in [9.17, 15) is 9.18 Å². The summed E-state index contributed by atoms with van der Waals surface area (Å²) in [5.41, 5.74) is 1.64. The average Bonchev–Trinajstić information content (AvgIpc) is 3.09. The monoisotopic (exact) mass is 342 g/mol. The van der Waals surface area contributed by atoms with Crippen molar-refractivity contribution in [2.75, 3.05) is 7.11 Å². The van der Waals surface area contributed by atoms with Crippen LogP contribution in [0, 0.1) is 11.7 Å². The Bertz CT molecular complexity index is 795. The van der Waals surface area contributed by atoms with E-state index in [1.165, 1.54) is 11.6 Å². The van der Waals surface area contributed by atoms with Gasteiger partial charge in [0.25, 0.3) is 0 Å². The number of hydrogen-bond acceptors (Lipinski definition) is 3. The smallest absolute Gasteiger partial charge is 0.247 e. The van der Waals surface area contributed by atoms with Gasteiger partial charge < -0.3 is 9.72 Å². The summed E-state index contributed by atoms with van der Waals surface area (Å²) in [5.74, 6) is 1.20. The Labute approximate surface area is 146 Å². The van der Waals surface area contributed by atoms with E-state index in [0.717, 1.165) is 19.3 Å². The zero-order chi connectivity index (χ0) is 17.8. The molecule has 0 saturated heterocycles.